The first-order valence-electron chi connectivity index (χ1n) is 6.43. The molecule has 0 aliphatic carbocycles. The second kappa shape index (κ2) is 7.80. The third-order valence-electron chi connectivity index (χ3n) is 2.69. The summed E-state index contributed by atoms with van der Waals surface area (Å²) in [5, 5.41) is 9.20. The lowest BCUT2D eigenvalue weighted by Crippen LogP contribution is -2.12. The number of hydrogen-bond donors (Lipinski definition) is 1. The number of rotatable bonds is 7. The normalized spacial score (nSPS) is 12.4. The highest BCUT2D eigenvalue weighted by Gasteiger charge is 2.14. The molecule has 0 saturated heterocycles. The van der Waals surface area contributed by atoms with Crippen LogP contribution in [-0.2, 0) is 4.79 Å². The molecule has 0 saturated carbocycles. The highest BCUT2D eigenvalue weighted by molar-refractivity contribution is 6.31. The van der Waals surface area contributed by atoms with Gasteiger partial charge in [-0.15, -0.1) is 0 Å². The first-order valence-corrected chi connectivity index (χ1v) is 6.80. The summed E-state index contributed by atoms with van der Waals surface area (Å²) in [6, 6.07) is 3.30. The lowest BCUT2D eigenvalue weighted by atomic mass is 10.1. The molecule has 0 fully saturated rings. The summed E-state index contributed by atoms with van der Waals surface area (Å²) in [5.74, 6) is -0.0302. The molecular weight excluding hydrogens is 280 g/mol. The largest absolute Gasteiger partial charge is 0.493 e. The van der Waals surface area contributed by atoms with Crippen molar-refractivity contribution >= 4 is 23.6 Å². The summed E-state index contributed by atoms with van der Waals surface area (Å²) in [7, 11) is 1.52. The van der Waals surface area contributed by atoms with E-state index in [-0.39, 0.29) is 6.10 Å². The minimum absolute atomic E-state index is 0.00653. The van der Waals surface area contributed by atoms with Crippen molar-refractivity contribution in [3.05, 3.63) is 28.8 Å². The standard InChI is InChI=1S/C15H19ClO4/c1-4-5-10(2)20-15-11(6-7-14(17)18)8-12(16)9-13(15)19-3/h6-10H,4-5H2,1-3H3,(H,17,18)/b7-6+. The molecule has 110 valence electrons. The molecule has 0 amide bonds. The summed E-state index contributed by atoms with van der Waals surface area (Å²) >= 11 is 6.00. The van der Waals surface area contributed by atoms with Crippen LogP contribution >= 0.6 is 11.6 Å². The highest BCUT2D eigenvalue weighted by Crippen LogP contribution is 2.36. The van der Waals surface area contributed by atoms with E-state index in [0.29, 0.717) is 22.1 Å². The smallest absolute Gasteiger partial charge is 0.328 e. The van der Waals surface area contributed by atoms with Crippen molar-refractivity contribution in [2.45, 2.75) is 32.8 Å². The number of methoxy groups -OCH3 is 1. The Labute approximate surface area is 124 Å². The number of carboxylic acid groups (broad SMARTS) is 1. The zero-order valence-corrected chi connectivity index (χ0v) is 12.6. The molecule has 1 atom stereocenters. The van der Waals surface area contributed by atoms with Crippen molar-refractivity contribution in [2.24, 2.45) is 0 Å². The van der Waals surface area contributed by atoms with Crippen molar-refractivity contribution in [3.63, 3.8) is 0 Å². The van der Waals surface area contributed by atoms with Crippen LogP contribution < -0.4 is 9.47 Å². The number of carboxylic acids is 1. The van der Waals surface area contributed by atoms with E-state index in [1.54, 1.807) is 12.1 Å². The molecule has 1 N–H and O–H groups in total. The minimum Gasteiger partial charge on any atom is -0.493 e. The van der Waals surface area contributed by atoms with Gasteiger partial charge in [-0.2, -0.15) is 0 Å². The topological polar surface area (TPSA) is 55.8 Å². The van der Waals surface area contributed by atoms with E-state index in [1.165, 1.54) is 13.2 Å². The molecule has 5 heteroatoms. The van der Waals surface area contributed by atoms with E-state index >= 15 is 0 Å². The third kappa shape index (κ3) is 4.78. The van der Waals surface area contributed by atoms with Gasteiger partial charge in [0.1, 0.15) is 0 Å². The van der Waals surface area contributed by atoms with Crippen molar-refractivity contribution in [2.75, 3.05) is 7.11 Å². The van der Waals surface area contributed by atoms with Gasteiger partial charge in [-0.3, -0.25) is 0 Å². The number of ether oxygens (including phenoxy) is 2. The van der Waals surface area contributed by atoms with Gasteiger partial charge in [-0.05, 0) is 25.5 Å². The molecular formula is C15H19ClO4. The fourth-order valence-corrected chi connectivity index (χ4v) is 2.03. The van der Waals surface area contributed by atoms with E-state index in [1.807, 2.05) is 6.92 Å². The van der Waals surface area contributed by atoms with E-state index < -0.39 is 5.97 Å². The molecule has 0 spiro atoms. The predicted molar refractivity (Wildman–Crippen MR) is 79.7 cm³/mol. The third-order valence-corrected chi connectivity index (χ3v) is 2.91. The second-order valence-corrected chi connectivity index (χ2v) is 4.85. The number of benzene rings is 1. The Morgan fingerprint density at radius 1 is 1.50 bits per heavy atom. The molecule has 1 aromatic rings. The van der Waals surface area contributed by atoms with Gasteiger partial charge in [0, 0.05) is 22.7 Å². The van der Waals surface area contributed by atoms with Crippen LogP contribution in [0.25, 0.3) is 6.08 Å². The summed E-state index contributed by atoms with van der Waals surface area (Å²) in [6.45, 7) is 4.03. The molecule has 0 bridgehead atoms. The zero-order valence-electron chi connectivity index (χ0n) is 11.9. The Kier molecular flexibility index (Phi) is 6.39. The van der Waals surface area contributed by atoms with Crippen LogP contribution in [0.4, 0.5) is 0 Å². The highest BCUT2D eigenvalue weighted by atomic mass is 35.5. The monoisotopic (exact) mass is 298 g/mol. The molecule has 0 aliphatic heterocycles. The Hall–Kier alpha value is -1.68. The van der Waals surface area contributed by atoms with Gasteiger partial charge in [0.25, 0.3) is 0 Å². The summed E-state index contributed by atoms with van der Waals surface area (Å²) in [4.78, 5) is 10.7. The maximum absolute atomic E-state index is 10.7. The maximum atomic E-state index is 10.7. The zero-order chi connectivity index (χ0) is 15.1. The quantitative estimate of drug-likeness (QED) is 0.773. The van der Waals surface area contributed by atoms with Crippen molar-refractivity contribution in [3.8, 4) is 11.5 Å². The first kappa shape index (κ1) is 16.4. The van der Waals surface area contributed by atoms with Crippen molar-refractivity contribution in [1.82, 2.24) is 0 Å². The number of aliphatic carboxylic acids is 1. The fourth-order valence-electron chi connectivity index (χ4n) is 1.82. The summed E-state index contributed by atoms with van der Waals surface area (Å²) in [6.07, 6.45) is 4.39. The number of carbonyl (C=O) groups is 1. The second-order valence-electron chi connectivity index (χ2n) is 4.42. The molecule has 4 nitrogen and oxygen atoms in total. The van der Waals surface area contributed by atoms with Gasteiger partial charge < -0.3 is 14.6 Å². The van der Waals surface area contributed by atoms with E-state index in [2.05, 4.69) is 6.92 Å². The molecule has 0 aliphatic rings. The number of hydrogen-bond acceptors (Lipinski definition) is 3. The Morgan fingerprint density at radius 2 is 2.20 bits per heavy atom. The maximum Gasteiger partial charge on any atom is 0.328 e. The Bertz CT molecular complexity index is 497. The van der Waals surface area contributed by atoms with Gasteiger partial charge in [0.05, 0.1) is 13.2 Å². The molecule has 1 aromatic carbocycles. The van der Waals surface area contributed by atoms with Gasteiger partial charge >= 0.3 is 5.97 Å². The van der Waals surface area contributed by atoms with Crippen molar-refractivity contribution in [1.29, 1.82) is 0 Å². The van der Waals surface area contributed by atoms with Crippen LogP contribution in [0.3, 0.4) is 0 Å². The van der Waals surface area contributed by atoms with Gasteiger partial charge in [-0.25, -0.2) is 4.79 Å². The average Bonchev–Trinajstić information content (AvgIpc) is 2.38. The molecule has 20 heavy (non-hydrogen) atoms. The molecule has 0 aromatic heterocycles. The van der Waals surface area contributed by atoms with Crippen LogP contribution in [0.15, 0.2) is 18.2 Å². The SMILES string of the molecule is CCCC(C)Oc1c(/C=C/C(=O)O)cc(Cl)cc1OC. The minimum atomic E-state index is -1.03. The van der Waals surface area contributed by atoms with Crippen LogP contribution in [0.1, 0.15) is 32.3 Å². The fraction of sp³-hybridized carbons (Fsp3) is 0.400. The van der Waals surface area contributed by atoms with Gasteiger partial charge in [0.2, 0.25) is 0 Å². The van der Waals surface area contributed by atoms with Crippen molar-refractivity contribution < 1.29 is 19.4 Å². The lowest BCUT2D eigenvalue weighted by Gasteiger charge is -2.18. The van der Waals surface area contributed by atoms with E-state index in [0.717, 1.165) is 18.9 Å². The summed E-state index contributed by atoms with van der Waals surface area (Å²) < 4.78 is 11.1. The molecule has 1 rings (SSSR count). The Morgan fingerprint density at radius 3 is 2.75 bits per heavy atom. The number of halogens is 1. The van der Waals surface area contributed by atoms with Crippen LogP contribution in [0.2, 0.25) is 5.02 Å². The van der Waals surface area contributed by atoms with Gasteiger partial charge in [-0.1, -0.05) is 24.9 Å². The lowest BCUT2D eigenvalue weighted by molar-refractivity contribution is -0.131. The Balaban J connectivity index is 3.18. The predicted octanol–water partition coefficient (Wildman–Crippen LogP) is 4.01. The average molecular weight is 299 g/mol. The van der Waals surface area contributed by atoms with Crippen LogP contribution in [0, 0.1) is 0 Å². The summed E-state index contributed by atoms with van der Waals surface area (Å²) in [5.41, 5.74) is 0.583. The molecule has 0 heterocycles. The van der Waals surface area contributed by atoms with Crippen LogP contribution in [0.5, 0.6) is 11.5 Å². The van der Waals surface area contributed by atoms with E-state index in [9.17, 15) is 4.79 Å². The molecule has 0 radical (unpaired) electrons. The van der Waals surface area contributed by atoms with E-state index in [4.69, 9.17) is 26.2 Å². The molecule has 1 unspecified atom stereocenters. The van der Waals surface area contributed by atoms with Gasteiger partial charge in [0.15, 0.2) is 11.5 Å². The van der Waals surface area contributed by atoms with Crippen LogP contribution in [-0.4, -0.2) is 24.3 Å². The first-order chi connectivity index (χ1) is 9.47.